The number of aromatic nitrogens is 3. The Morgan fingerprint density at radius 2 is 1.90 bits per heavy atom. The Bertz CT molecular complexity index is 761. The van der Waals surface area contributed by atoms with Crippen molar-refractivity contribution in [3.63, 3.8) is 0 Å². The molecule has 4 nitrogen and oxygen atoms in total. The molecule has 0 aliphatic heterocycles. The summed E-state index contributed by atoms with van der Waals surface area (Å²) in [7, 11) is 0. The molecule has 0 spiro atoms. The third kappa shape index (κ3) is 2.85. The fourth-order valence-corrected chi connectivity index (χ4v) is 2.73. The van der Waals surface area contributed by atoms with Crippen LogP contribution in [0.3, 0.4) is 0 Å². The second-order valence-electron chi connectivity index (χ2n) is 4.47. The van der Waals surface area contributed by atoms with E-state index in [9.17, 15) is 5.11 Å². The zero-order valence-corrected chi connectivity index (χ0v) is 13.2. The van der Waals surface area contributed by atoms with Gasteiger partial charge in [0.2, 0.25) is 0 Å². The largest absolute Gasteiger partial charge is 0.382 e. The van der Waals surface area contributed by atoms with Gasteiger partial charge < -0.3 is 5.11 Å². The van der Waals surface area contributed by atoms with Gasteiger partial charge in [0.15, 0.2) is 0 Å². The van der Waals surface area contributed by atoms with E-state index in [1.165, 1.54) is 0 Å². The van der Waals surface area contributed by atoms with Crippen LogP contribution in [0.15, 0.2) is 59.2 Å². The van der Waals surface area contributed by atoms with Crippen LogP contribution in [0, 0.1) is 0 Å². The van der Waals surface area contributed by atoms with Crippen molar-refractivity contribution in [2.24, 2.45) is 0 Å². The minimum Gasteiger partial charge on any atom is -0.382 e. The van der Waals surface area contributed by atoms with Gasteiger partial charge in [-0.25, -0.2) is 4.68 Å². The predicted octanol–water partition coefficient (Wildman–Crippen LogP) is 3.76. The fourth-order valence-electron chi connectivity index (χ4n) is 2.08. The lowest BCUT2D eigenvalue weighted by molar-refractivity contribution is 0.211. The van der Waals surface area contributed by atoms with E-state index in [2.05, 4.69) is 26.2 Å². The summed E-state index contributed by atoms with van der Waals surface area (Å²) in [6.07, 6.45) is 0.665. The quantitative estimate of drug-likeness (QED) is 0.770. The van der Waals surface area contributed by atoms with Crippen molar-refractivity contribution in [3.8, 4) is 5.69 Å². The van der Waals surface area contributed by atoms with Crippen molar-refractivity contribution in [1.82, 2.24) is 15.0 Å². The molecule has 3 rings (SSSR count). The minimum atomic E-state index is -0.881. The number of benzene rings is 2. The SMILES string of the molecule is OC(c1cc(Cl)ccc1Br)c1cnnn1-c1ccccc1. The summed E-state index contributed by atoms with van der Waals surface area (Å²) >= 11 is 9.44. The lowest BCUT2D eigenvalue weighted by Crippen LogP contribution is -2.09. The van der Waals surface area contributed by atoms with Crippen LogP contribution in [0.5, 0.6) is 0 Å². The molecular weight excluding hydrogens is 354 g/mol. The average Bonchev–Trinajstić information content (AvgIpc) is 2.99. The van der Waals surface area contributed by atoms with Gasteiger partial charge in [0.05, 0.1) is 17.6 Å². The highest BCUT2D eigenvalue weighted by atomic mass is 79.9. The van der Waals surface area contributed by atoms with Gasteiger partial charge in [-0.15, -0.1) is 5.10 Å². The maximum Gasteiger partial charge on any atom is 0.124 e. The number of nitrogens with zero attached hydrogens (tertiary/aromatic N) is 3. The first kappa shape index (κ1) is 14.3. The van der Waals surface area contributed by atoms with Crippen LogP contribution in [0.25, 0.3) is 5.69 Å². The molecule has 1 heterocycles. The Morgan fingerprint density at radius 3 is 2.67 bits per heavy atom. The molecule has 0 aliphatic carbocycles. The topological polar surface area (TPSA) is 50.9 Å². The van der Waals surface area contributed by atoms with Gasteiger partial charge in [-0.2, -0.15) is 0 Å². The van der Waals surface area contributed by atoms with Crippen molar-refractivity contribution in [2.75, 3.05) is 0 Å². The second kappa shape index (κ2) is 5.97. The van der Waals surface area contributed by atoms with Crippen molar-refractivity contribution in [2.45, 2.75) is 6.10 Å². The van der Waals surface area contributed by atoms with Gasteiger partial charge in [0.1, 0.15) is 6.10 Å². The Balaban J connectivity index is 2.06. The van der Waals surface area contributed by atoms with E-state index in [1.807, 2.05) is 30.3 Å². The first-order valence-electron chi connectivity index (χ1n) is 6.26. The number of hydrogen-bond donors (Lipinski definition) is 1. The maximum atomic E-state index is 10.6. The normalized spacial score (nSPS) is 12.3. The summed E-state index contributed by atoms with van der Waals surface area (Å²) < 4.78 is 2.39. The molecule has 0 aliphatic rings. The second-order valence-corrected chi connectivity index (χ2v) is 5.77. The highest BCUT2D eigenvalue weighted by Crippen LogP contribution is 2.31. The number of halogens is 2. The molecule has 21 heavy (non-hydrogen) atoms. The van der Waals surface area contributed by atoms with Crippen LogP contribution in [-0.4, -0.2) is 20.1 Å². The molecule has 106 valence electrons. The third-order valence-corrected chi connectivity index (χ3v) is 4.07. The number of para-hydroxylation sites is 1. The highest BCUT2D eigenvalue weighted by molar-refractivity contribution is 9.10. The fraction of sp³-hybridized carbons (Fsp3) is 0.0667. The zero-order valence-electron chi connectivity index (χ0n) is 10.8. The van der Waals surface area contributed by atoms with Crippen LogP contribution in [0.2, 0.25) is 5.02 Å². The molecule has 0 saturated carbocycles. The molecule has 0 radical (unpaired) electrons. The van der Waals surface area contributed by atoms with E-state index in [-0.39, 0.29) is 0 Å². The molecule has 0 saturated heterocycles. The molecule has 2 aromatic carbocycles. The van der Waals surface area contributed by atoms with Crippen molar-refractivity contribution >= 4 is 27.5 Å². The summed E-state index contributed by atoms with van der Waals surface area (Å²) in [6, 6.07) is 14.8. The van der Waals surface area contributed by atoms with Gasteiger partial charge in [0, 0.05) is 15.1 Å². The van der Waals surface area contributed by atoms with E-state index in [4.69, 9.17) is 11.6 Å². The zero-order chi connectivity index (χ0) is 14.8. The molecule has 0 amide bonds. The molecule has 1 N–H and O–H groups in total. The molecule has 6 heteroatoms. The van der Waals surface area contributed by atoms with Gasteiger partial charge >= 0.3 is 0 Å². The number of aliphatic hydroxyl groups is 1. The lowest BCUT2D eigenvalue weighted by atomic mass is 10.1. The van der Waals surface area contributed by atoms with Crippen molar-refractivity contribution in [1.29, 1.82) is 0 Å². The van der Waals surface area contributed by atoms with Gasteiger partial charge in [-0.05, 0) is 30.3 Å². The maximum absolute atomic E-state index is 10.6. The number of aliphatic hydroxyl groups excluding tert-OH is 1. The van der Waals surface area contributed by atoms with E-state index in [0.717, 1.165) is 10.2 Å². The lowest BCUT2D eigenvalue weighted by Gasteiger charge is -2.14. The summed E-state index contributed by atoms with van der Waals surface area (Å²) in [5.41, 5.74) is 2.08. The molecule has 0 fully saturated rings. The van der Waals surface area contributed by atoms with Crippen molar-refractivity contribution < 1.29 is 5.11 Å². The third-order valence-electron chi connectivity index (χ3n) is 3.11. The minimum absolute atomic E-state index is 0.561. The average molecular weight is 365 g/mol. The van der Waals surface area contributed by atoms with E-state index < -0.39 is 6.10 Å². The Labute approximate surface area is 135 Å². The smallest absolute Gasteiger partial charge is 0.124 e. The van der Waals surface area contributed by atoms with Gasteiger partial charge in [0.25, 0.3) is 0 Å². The first-order chi connectivity index (χ1) is 10.2. The van der Waals surface area contributed by atoms with Crippen molar-refractivity contribution in [3.05, 3.63) is 75.5 Å². The molecule has 0 bridgehead atoms. The van der Waals surface area contributed by atoms with Crippen LogP contribution in [0.4, 0.5) is 0 Å². The molecule has 3 aromatic rings. The predicted molar refractivity (Wildman–Crippen MR) is 84.6 cm³/mol. The first-order valence-corrected chi connectivity index (χ1v) is 7.43. The molecule has 1 aromatic heterocycles. The van der Waals surface area contributed by atoms with E-state index in [0.29, 0.717) is 16.3 Å². The van der Waals surface area contributed by atoms with Crippen LogP contribution in [-0.2, 0) is 0 Å². The van der Waals surface area contributed by atoms with Crippen LogP contribution < -0.4 is 0 Å². The van der Waals surface area contributed by atoms with Crippen LogP contribution >= 0.6 is 27.5 Å². The van der Waals surface area contributed by atoms with Crippen LogP contribution in [0.1, 0.15) is 17.4 Å². The number of rotatable bonds is 3. The monoisotopic (exact) mass is 363 g/mol. The highest BCUT2D eigenvalue weighted by Gasteiger charge is 2.20. The molecular formula is C15H11BrClN3O. The summed E-state index contributed by atoms with van der Waals surface area (Å²) in [6.45, 7) is 0. The van der Waals surface area contributed by atoms with E-state index in [1.54, 1.807) is 29.1 Å². The molecule has 1 unspecified atom stereocenters. The van der Waals surface area contributed by atoms with E-state index >= 15 is 0 Å². The Morgan fingerprint density at radius 1 is 1.14 bits per heavy atom. The van der Waals surface area contributed by atoms with Gasteiger partial charge in [-0.1, -0.05) is 50.9 Å². The Kier molecular flexibility index (Phi) is 4.05. The number of hydrogen-bond acceptors (Lipinski definition) is 3. The summed E-state index contributed by atoms with van der Waals surface area (Å²) in [5, 5.41) is 19.1. The molecule has 1 atom stereocenters. The summed E-state index contributed by atoms with van der Waals surface area (Å²) in [5.74, 6) is 0. The summed E-state index contributed by atoms with van der Waals surface area (Å²) in [4.78, 5) is 0. The van der Waals surface area contributed by atoms with Gasteiger partial charge in [-0.3, -0.25) is 0 Å². The Hall–Kier alpha value is -1.69. The standard InChI is InChI=1S/C15H11BrClN3O/c16-13-7-6-10(17)8-12(13)15(21)14-9-18-19-20(14)11-4-2-1-3-5-11/h1-9,15,21H.